The molecule has 0 bridgehead atoms. The maximum atomic E-state index is 11.9. The highest BCUT2D eigenvalue weighted by Gasteiger charge is 2.30. The van der Waals surface area contributed by atoms with E-state index >= 15 is 0 Å². The number of H-pyrrole nitrogens is 1. The number of aromatic carboxylic acids is 1. The van der Waals surface area contributed by atoms with Crippen LogP contribution in [0.25, 0.3) is 0 Å². The van der Waals surface area contributed by atoms with Crippen molar-refractivity contribution in [2.24, 2.45) is 0 Å². The summed E-state index contributed by atoms with van der Waals surface area (Å²) in [6, 6.07) is 0. The van der Waals surface area contributed by atoms with E-state index in [1.165, 1.54) is 13.1 Å². The fraction of sp³-hybridized carbons (Fsp3) is 0.400. The number of carboxylic acids is 1. The van der Waals surface area contributed by atoms with Crippen molar-refractivity contribution in [3.05, 3.63) is 17.5 Å². The third-order valence-electron chi connectivity index (χ3n) is 2.54. The first-order valence-electron chi connectivity index (χ1n) is 5.21. The minimum absolute atomic E-state index is 0.124. The number of carboxylic acid groups (broad SMARTS) is 1. The largest absolute Gasteiger partial charge is 0.478 e. The molecule has 8 nitrogen and oxygen atoms in total. The molecule has 3 N–H and O–H groups in total. The second kappa shape index (κ2) is 5.31. The van der Waals surface area contributed by atoms with Crippen molar-refractivity contribution in [2.45, 2.75) is 19.1 Å². The van der Waals surface area contributed by atoms with Crippen LogP contribution in [0.5, 0.6) is 0 Å². The van der Waals surface area contributed by atoms with Crippen LogP contribution in [0.15, 0.2) is 6.20 Å². The molecule has 1 unspecified atom stereocenters. The first-order chi connectivity index (χ1) is 8.70. The molecule has 1 aromatic heterocycles. The lowest BCUT2D eigenvalue weighted by atomic mass is 10.2. The Balaban J connectivity index is 3.09. The first kappa shape index (κ1) is 15.0. The lowest BCUT2D eigenvalue weighted by Crippen LogP contribution is -2.33. The number of sulfonamides is 1. The molecule has 19 heavy (non-hydrogen) atoms. The minimum Gasteiger partial charge on any atom is -0.478 e. The lowest BCUT2D eigenvalue weighted by molar-refractivity contribution is -0.139. The Morgan fingerprint density at radius 3 is 2.53 bits per heavy atom. The van der Waals surface area contributed by atoms with Crippen molar-refractivity contribution in [3.63, 3.8) is 0 Å². The second-order valence-corrected chi connectivity index (χ2v) is 5.82. The molecule has 1 heterocycles. The molecule has 1 rings (SSSR count). The van der Waals surface area contributed by atoms with Gasteiger partial charge < -0.3 is 14.8 Å². The molecule has 0 amide bonds. The van der Waals surface area contributed by atoms with E-state index < -0.39 is 27.2 Å². The number of aryl methyl sites for hydroxylation is 1. The normalized spacial score (nSPS) is 12.8. The number of anilines is 1. The zero-order chi connectivity index (χ0) is 14.8. The Hall–Kier alpha value is -2.03. The molecular weight excluding hydrogens is 276 g/mol. The van der Waals surface area contributed by atoms with Crippen LogP contribution in [0, 0.1) is 6.92 Å². The molecule has 0 aromatic carbocycles. The van der Waals surface area contributed by atoms with Gasteiger partial charge in [-0.25, -0.2) is 13.2 Å². The molecule has 0 radical (unpaired) electrons. The Kier molecular flexibility index (Phi) is 4.20. The number of carbonyl (C=O) groups excluding carboxylic acids is 1. The van der Waals surface area contributed by atoms with Gasteiger partial charge in [0.2, 0.25) is 10.0 Å². The zero-order valence-electron chi connectivity index (χ0n) is 10.6. The summed E-state index contributed by atoms with van der Waals surface area (Å²) in [6.07, 6.45) is 1.21. The van der Waals surface area contributed by atoms with Crippen LogP contribution in [-0.4, -0.2) is 42.8 Å². The summed E-state index contributed by atoms with van der Waals surface area (Å²) in [5.41, 5.74) is -0.0164. The molecule has 0 aliphatic carbocycles. The van der Waals surface area contributed by atoms with Crippen molar-refractivity contribution >= 4 is 27.6 Å². The third-order valence-corrected chi connectivity index (χ3v) is 4.17. The SMILES string of the molecule is COC(=O)C(C)S(=O)(=O)Nc1c[nH]c(C)c1C(=O)O. The van der Waals surface area contributed by atoms with Crippen LogP contribution in [0.2, 0.25) is 0 Å². The Bertz CT molecular complexity index is 604. The summed E-state index contributed by atoms with van der Waals surface area (Å²) in [4.78, 5) is 24.8. The van der Waals surface area contributed by atoms with Gasteiger partial charge in [-0.3, -0.25) is 9.52 Å². The van der Waals surface area contributed by atoms with Gasteiger partial charge in [0.1, 0.15) is 5.56 Å². The molecule has 1 aromatic rings. The highest BCUT2D eigenvalue weighted by molar-refractivity contribution is 7.94. The Labute approximate surface area is 109 Å². The average molecular weight is 290 g/mol. The topological polar surface area (TPSA) is 126 Å². The number of hydrogen-bond acceptors (Lipinski definition) is 5. The van der Waals surface area contributed by atoms with Gasteiger partial charge in [0.25, 0.3) is 0 Å². The van der Waals surface area contributed by atoms with Crippen molar-refractivity contribution < 1.29 is 27.9 Å². The number of nitrogens with one attached hydrogen (secondary N) is 2. The predicted octanol–water partition coefficient (Wildman–Crippen LogP) is 0.325. The molecule has 0 aliphatic rings. The summed E-state index contributed by atoms with van der Waals surface area (Å²) in [5, 5.41) is 7.53. The van der Waals surface area contributed by atoms with Crippen LogP contribution in [0.1, 0.15) is 23.0 Å². The molecule has 0 saturated carbocycles. The van der Waals surface area contributed by atoms with Gasteiger partial charge in [-0.1, -0.05) is 0 Å². The molecular formula is C10H14N2O6S. The summed E-state index contributed by atoms with van der Waals surface area (Å²) in [5.74, 6) is -2.21. The molecule has 0 fully saturated rings. The highest BCUT2D eigenvalue weighted by atomic mass is 32.2. The van der Waals surface area contributed by atoms with Gasteiger partial charge in [-0.05, 0) is 13.8 Å². The Morgan fingerprint density at radius 1 is 1.47 bits per heavy atom. The zero-order valence-corrected chi connectivity index (χ0v) is 11.4. The monoisotopic (exact) mass is 290 g/mol. The predicted molar refractivity (Wildman–Crippen MR) is 66.5 cm³/mol. The van der Waals surface area contributed by atoms with E-state index in [0.29, 0.717) is 5.69 Å². The van der Waals surface area contributed by atoms with Crippen LogP contribution in [0.3, 0.4) is 0 Å². The van der Waals surface area contributed by atoms with Crippen LogP contribution >= 0.6 is 0 Å². The molecule has 9 heteroatoms. The number of aromatic amines is 1. The number of aromatic nitrogens is 1. The molecule has 0 saturated heterocycles. The second-order valence-electron chi connectivity index (χ2n) is 3.82. The molecule has 106 valence electrons. The van der Waals surface area contributed by atoms with Crippen LogP contribution in [0.4, 0.5) is 5.69 Å². The number of methoxy groups -OCH3 is 1. The van der Waals surface area contributed by atoms with E-state index in [4.69, 9.17) is 5.11 Å². The summed E-state index contributed by atoms with van der Waals surface area (Å²) >= 11 is 0. The number of rotatable bonds is 5. The Morgan fingerprint density at radius 2 is 2.05 bits per heavy atom. The van der Waals surface area contributed by atoms with E-state index in [9.17, 15) is 18.0 Å². The van der Waals surface area contributed by atoms with E-state index in [-0.39, 0.29) is 11.3 Å². The summed E-state index contributed by atoms with van der Waals surface area (Å²) in [6.45, 7) is 2.64. The van der Waals surface area contributed by atoms with Crippen LogP contribution in [-0.2, 0) is 19.6 Å². The van der Waals surface area contributed by atoms with Gasteiger partial charge in [0.15, 0.2) is 5.25 Å². The molecule has 0 spiro atoms. The summed E-state index contributed by atoms with van der Waals surface area (Å²) in [7, 11) is -3.01. The maximum Gasteiger partial charge on any atom is 0.339 e. The van der Waals surface area contributed by atoms with E-state index in [0.717, 1.165) is 14.0 Å². The minimum atomic E-state index is -4.08. The van der Waals surface area contributed by atoms with Gasteiger partial charge in [-0.15, -0.1) is 0 Å². The fourth-order valence-electron chi connectivity index (χ4n) is 1.42. The first-order valence-corrected chi connectivity index (χ1v) is 6.76. The average Bonchev–Trinajstić information content (AvgIpc) is 2.67. The standard InChI is InChI=1S/C10H14N2O6S/c1-5-8(9(13)14)7(4-11-5)12-19(16,17)6(2)10(15)18-3/h4,6,11-12H,1-3H3,(H,13,14). The third kappa shape index (κ3) is 3.05. The quantitative estimate of drug-likeness (QED) is 0.671. The number of esters is 1. The van der Waals surface area contributed by atoms with E-state index in [1.807, 2.05) is 0 Å². The lowest BCUT2D eigenvalue weighted by Gasteiger charge is -2.12. The molecule has 1 atom stereocenters. The number of hydrogen-bond donors (Lipinski definition) is 3. The molecule has 0 aliphatic heterocycles. The smallest absolute Gasteiger partial charge is 0.339 e. The van der Waals surface area contributed by atoms with Gasteiger partial charge >= 0.3 is 11.9 Å². The van der Waals surface area contributed by atoms with Gasteiger partial charge in [0.05, 0.1) is 12.8 Å². The van der Waals surface area contributed by atoms with Crippen molar-refractivity contribution in [1.29, 1.82) is 0 Å². The maximum absolute atomic E-state index is 11.9. The van der Waals surface area contributed by atoms with Gasteiger partial charge in [0, 0.05) is 11.9 Å². The van der Waals surface area contributed by atoms with Crippen molar-refractivity contribution in [3.8, 4) is 0 Å². The van der Waals surface area contributed by atoms with Gasteiger partial charge in [-0.2, -0.15) is 0 Å². The van der Waals surface area contributed by atoms with E-state index in [1.54, 1.807) is 0 Å². The fourth-order valence-corrected chi connectivity index (χ4v) is 2.41. The van der Waals surface area contributed by atoms with Crippen LogP contribution < -0.4 is 4.72 Å². The summed E-state index contributed by atoms with van der Waals surface area (Å²) < 4.78 is 30.1. The van der Waals surface area contributed by atoms with Crippen molar-refractivity contribution in [2.75, 3.05) is 11.8 Å². The van der Waals surface area contributed by atoms with Crippen molar-refractivity contribution in [1.82, 2.24) is 4.98 Å². The van der Waals surface area contributed by atoms with E-state index in [2.05, 4.69) is 14.4 Å². The number of carbonyl (C=O) groups is 2. The number of ether oxygens (including phenoxy) is 1. The highest BCUT2D eigenvalue weighted by Crippen LogP contribution is 2.21.